The number of likely N-dealkylation sites (tertiary alicyclic amines) is 1. The Morgan fingerprint density at radius 2 is 2.00 bits per heavy atom. The predicted octanol–water partition coefficient (Wildman–Crippen LogP) is 1.78. The van der Waals surface area contributed by atoms with Crippen molar-refractivity contribution in [2.45, 2.75) is 31.8 Å². The molecule has 1 saturated carbocycles. The van der Waals surface area contributed by atoms with Gasteiger partial charge < -0.3 is 5.73 Å². The molecule has 2 atom stereocenters. The maximum absolute atomic E-state index is 6.20. The van der Waals surface area contributed by atoms with Gasteiger partial charge in [-0.1, -0.05) is 31.2 Å². The Labute approximate surface area is 97.4 Å². The summed E-state index contributed by atoms with van der Waals surface area (Å²) in [4.78, 5) is 2.50. The number of aryl methyl sites for hydroxylation is 1. The second kappa shape index (κ2) is 3.57. The van der Waals surface area contributed by atoms with Gasteiger partial charge in [-0.3, -0.25) is 4.90 Å². The number of hydrogen-bond acceptors (Lipinski definition) is 2. The van der Waals surface area contributed by atoms with Gasteiger partial charge in [-0.2, -0.15) is 0 Å². The molecule has 1 aliphatic carbocycles. The van der Waals surface area contributed by atoms with Gasteiger partial charge in [-0.15, -0.1) is 0 Å². The van der Waals surface area contributed by atoms with Crippen molar-refractivity contribution in [3.8, 4) is 0 Å². The summed E-state index contributed by atoms with van der Waals surface area (Å²) in [6.45, 7) is 5.56. The molecular formula is C14H20N2. The number of benzene rings is 1. The molecule has 0 radical (unpaired) electrons. The van der Waals surface area contributed by atoms with Crippen LogP contribution in [0.15, 0.2) is 24.3 Å². The summed E-state index contributed by atoms with van der Waals surface area (Å²) in [5.74, 6) is 0.780. The molecule has 0 unspecified atom stereocenters. The van der Waals surface area contributed by atoms with E-state index in [1.807, 2.05) is 0 Å². The van der Waals surface area contributed by atoms with Crippen LogP contribution in [-0.2, 0) is 13.0 Å². The summed E-state index contributed by atoms with van der Waals surface area (Å²) in [6, 6.07) is 8.99. The molecule has 0 spiro atoms. The molecule has 0 bridgehead atoms. The van der Waals surface area contributed by atoms with Crippen LogP contribution in [0.3, 0.4) is 0 Å². The van der Waals surface area contributed by atoms with Gasteiger partial charge >= 0.3 is 0 Å². The van der Waals surface area contributed by atoms with Gasteiger partial charge in [0.05, 0.1) is 0 Å². The quantitative estimate of drug-likeness (QED) is 0.834. The molecule has 3 rings (SSSR count). The van der Waals surface area contributed by atoms with Gasteiger partial charge in [-0.25, -0.2) is 0 Å². The Balaban J connectivity index is 1.62. The van der Waals surface area contributed by atoms with Gasteiger partial charge in [0, 0.05) is 25.2 Å². The fourth-order valence-electron chi connectivity index (χ4n) is 2.89. The van der Waals surface area contributed by atoms with Crippen molar-refractivity contribution in [2.75, 3.05) is 13.1 Å². The molecule has 1 aliphatic heterocycles. The lowest BCUT2D eigenvalue weighted by Gasteiger charge is -2.19. The lowest BCUT2D eigenvalue weighted by atomic mass is 10.1. The van der Waals surface area contributed by atoms with Gasteiger partial charge in [0.15, 0.2) is 0 Å². The van der Waals surface area contributed by atoms with E-state index in [0.29, 0.717) is 0 Å². The SMILES string of the molecule is CCc1ccc(CN2C[C@H]3C[C@]3(N)C2)cc1. The topological polar surface area (TPSA) is 29.3 Å². The predicted molar refractivity (Wildman–Crippen MR) is 66.1 cm³/mol. The molecular weight excluding hydrogens is 196 g/mol. The van der Waals surface area contributed by atoms with Gasteiger partial charge in [0.1, 0.15) is 0 Å². The van der Waals surface area contributed by atoms with E-state index in [9.17, 15) is 0 Å². The van der Waals surface area contributed by atoms with E-state index < -0.39 is 0 Å². The molecule has 2 nitrogen and oxygen atoms in total. The largest absolute Gasteiger partial charge is 0.324 e. The molecule has 1 saturated heterocycles. The molecule has 16 heavy (non-hydrogen) atoms. The Morgan fingerprint density at radius 3 is 2.56 bits per heavy atom. The van der Waals surface area contributed by atoms with Gasteiger partial charge in [0.2, 0.25) is 0 Å². The average molecular weight is 216 g/mol. The van der Waals surface area contributed by atoms with E-state index in [4.69, 9.17) is 5.73 Å². The summed E-state index contributed by atoms with van der Waals surface area (Å²) in [6.07, 6.45) is 2.37. The second-order valence-electron chi connectivity index (χ2n) is 5.47. The maximum atomic E-state index is 6.20. The fourth-order valence-corrected chi connectivity index (χ4v) is 2.89. The zero-order valence-electron chi connectivity index (χ0n) is 9.95. The van der Waals surface area contributed by atoms with Crippen LogP contribution in [0.2, 0.25) is 0 Å². The standard InChI is InChI=1S/C14H20N2/c1-2-11-3-5-12(6-4-11)8-16-9-13-7-14(13,15)10-16/h3-6,13H,2,7-10,15H2,1H3/t13-,14+/m1/s1. The van der Waals surface area contributed by atoms with Crippen molar-refractivity contribution in [3.05, 3.63) is 35.4 Å². The van der Waals surface area contributed by atoms with E-state index in [-0.39, 0.29) is 5.54 Å². The smallest absolute Gasteiger partial charge is 0.0328 e. The maximum Gasteiger partial charge on any atom is 0.0328 e. The van der Waals surface area contributed by atoms with Crippen molar-refractivity contribution >= 4 is 0 Å². The van der Waals surface area contributed by atoms with E-state index in [0.717, 1.165) is 25.4 Å². The molecule has 2 aliphatic rings. The molecule has 2 heteroatoms. The summed E-state index contributed by atoms with van der Waals surface area (Å²) in [5.41, 5.74) is 9.22. The van der Waals surface area contributed by atoms with Crippen LogP contribution < -0.4 is 5.73 Å². The van der Waals surface area contributed by atoms with Crippen LogP contribution in [0.1, 0.15) is 24.5 Å². The highest BCUT2D eigenvalue weighted by Gasteiger charge is 2.56. The Morgan fingerprint density at radius 1 is 1.31 bits per heavy atom. The zero-order chi connectivity index (χ0) is 11.2. The minimum absolute atomic E-state index is 0.184. The summed E-state index contributed by atoms with van der Waals surface area (Å²) < 4.78 is 0. The molecule has 2 fully saturated rings. The number of nitrogens with zero attached hydrogens (tertiary/aromatic N) is 1. The number of piperidine rings is 1. The van der Waals surface area contributed by atoms with E-state index >= 15 is 0 Å². The first-order valence-corrected chi connectivity index (χ1v) is 6.29. The van der Waals surface area contributed by atoms with Crippen LogP contribution in [0.4, 0.5) is 0 Å². The van der Waals surface area contributed by atoms with Crippen molar-refractivity contribution in [1.82, 2.24) is 4.90 Å². The molecule has 86 valence electrons. The van der Waals surface area contributed by atoms with Crippen LogP contribution in [0, 0.1) is 5.92 Å². The first-order chi connectivity index (χ1) is 7.69. The fraction of sp³-hybridized carbons (Fsp3) is 0.571. The molecule has 2 N–H and O–H groups in total. The summed E-state index contributed by atoms with van der Waals surface area (Å²) >= 11 is 0. The van der Waals surface area contributed by atoms with E-state index in [2.05, 4.69) is 36.1 Å². The lowest BCUT2D eigenvalue weighted by molar-refractivity contribution is 0.290. The highest BCUT2D eigenvalue weighted by molar-refractivity contribution is 5.23. The molecule has 1 aromatic carbocycles. The Hall–Kier alpha value is -0.860. The normalized spacial score (nSPS) is 32.8. The number of rotatable bonds is 3. The van der Waals surface area contributed by atoms with Crippen molar-refractivity contribution < 1.29 is 0 Å². The van der Waals surface area contributed by atoms with Crippen LogP contribution in [0.5, 0.6) is 0 Å². The third kappa shape index (κ3) is 1.76. The third-order valence-corrected chi connectivity index (χ3v) is 4.11. The van der Waals surface area contributed by atoms with Crippen molar-refractivity contribution in [2.24, 2.45) is 11.7 Å². The zero-order valence-corrected chi connectivity index (χ0v) is 9.95. The Kier molecular flexibility index (Phi) is 2.30. The third-order valence-electron chi connectivity index (χ3n) is 4.11. The van der Waals surface area contributed by atoms with Crippen LogP contribution in [-0.4, -0.2) is 23.5 Å². The monoisotopic (exact) mass is 216 g/mol. The van der Waals surface area contributed by atoms with E-state index in [1.54, 1.807) is 0 Å². The molecule has 0 aromatic heterocycles. The van der Waals surface area contributed by atoms with E-state index in [1.165, 1.54) is 24.1 Å². The summed E-state index contributed by atoms with van der Waals surface area (Å²) in [5, 5.41) is 0. The highest BCUT2D eigenvalue weighted by Crippen LogP contribution is 2.47. The first kappa shape index (κ1) is 10.3. The number of nitrogens with two attached hydrogens (primary N) is 1. The minimum atomic E-state index is 0.184. The summed E-state index contributed by atoms with van der Waals surface area (Å²) in [7, 11) is 0. The second-order valence-corrected chi connectivity index (χ2v) is 5.47. The average Bonchev–Trinajstić information content (AvgIpc) is 2.79. The number of hydrogen-bond donors (Lipinski definition) is 1. The molecule has 0 amide bonds. The number of fused-ring (bicyclic) bond motifs is 1. The van der Waals surface area contributed by atoms with Crippen LogP contribution >= 0.6 is 0 Å². The minimum Gasteiger partial charge on any atom is -0.324 e. The van der Waals surface area contributed by atoms with Crippen LogP contribution in [0.25, 0.3) is 0 Å². The molecule has 1 aromatic rings. The Bertz CT molecular complexity index is 384. The van der Waals surface area contributed by atoms with Crippen molar-refractivity contribution in [1.29, 1.82) is 0 Å². The van der Waals surface area contributed by atoms with Gasteiger partial charge in [0.25, 0.3) is 0 Å². The highest BCUT2D eigenvalue weighted by atomic mass is 15.2. The molecule has 1 heterocycles. The van der Waals surface area contributed by atoms with Gasteiger partial charge in [-0.05, 0) is 29.9 Å². The first-order valence-electron chi connectivity index (χ1n) is 6.29. The van der Waals surface area contributed by atoms with Crippen molar-refractivity contribution in [3.63, 3.8) is 0 Å². The lowest BCUT2D eigenvalue weighted by Crippen LogP contribution is -2.32.